The van der Waals surface area contributed by atoms with Crippen molar-refractivity contribution in [2.75, 3.05) is 35.8 Å². The van der Waals surface area contributed by atoms with Crippen LogP contribution < -0.4 is 9.62 Å². The van der Waals surface area contributed by atoms with Gasteiger partial charge >= 0.3 is 0 Å². The molecule has 8 nitrogen and oxygen atoms in total. The van der Waals surface area contributed by atoms with Crippen molar-refractivity contribution < 1.29 is 22.4 Å². The fraction of sp³-hybridized carbons (Fsp3) is 0.208. The molecule has 0 unspecified atom stereocenters. The summed E-state index contributed by atoms with van der Waals surface area (Å²) in [4.78, 5) is 31.5. The van der Waals surface area contributed by atoms with Crippen molar-refractivity contribution in [3.8, 4) is 0 Å². The zero-order valence-electron chi connectivity index (χ0n) is 18.7. The Morgan fingerprint density at radius 2 is 1.69 bits per heavy atom. The number of hydrogen-bond donors (Lipinski definition) is 1. The van der Waals surface area contributed by atoms with E-state index in [1.807, 2.05) is 0 Å². The standard InChI is InChI=1S/C24H22ClFN4O4S/c1-16(31)29-10-12-30(13-11-29)23-5-3-19(15-21(23)26)35(33,34)28-22-4-2-18(25)14-20(22)24(32)17-6-8-27-9-7-17/h2-9,14-15,28H,10-13H2,1H3. The molecular formula is C24H22ClFN4O4S. The Morgan fingerprint density at radius 3 is 2.31 bits per heavy atom. The molecule has 11 heteroatoms. The summed E-state index contributed by atoms with van der Waals surface area (Å²) in [5.74, 6) is -1.19. The zero-order valence-corrected chi connectivity index (χ0v) is 20.3. The number of anilines is 2. The molecule has 0 atom stereocenters. The Hall–Kier alpha value is -3.50. The van der Waals surface area contributed by atoms with E-state index in [2.05, 4.69) is 9.71 Å². The monoisotopic (exact) mass is 516 g/mol. The van der Waals surface area contributed by atoms with Gasteiger partial charge in [0.2, 0.25) is 5.91 Å². The second-order valence-electron chi connectivity index (χ2n) is 7.97. The largest absolute Gasteiger partial charge is 0.366 e. The quantitative estimate of drug-likeness (QED) is 0.503. The summed E-state index contributed by atoms with van der Waals surface area (Å²) in [5, 5.41) is 0.255. The number of piperazine rings is 1. The van der Waals surface area contributed by atoms with E-state index in [0.29, 0.717) is 31.7 Å². The highest BCUT2D eigenvalue weighted by Crippen LogP contribution is 2.28. The molecule has 0 spiro atoms. The zero-order chi connectivity index (χ0) is 25.2. The molecule has 2 heterocycles. The predicted molar refractivity (Wildman–Crippen MR) is 131 cm³/mol. The van der Waals surface area contributed by atoms with Gasteiger partial charge in [0, 0.05) is 61.6 Å². The molecule has 1 aliphatic heterocycles. The number of halogens is 2. The number of rotatable bonds is 6. The molecule has 182 valence electrons. The molecule has 4 rings (SSSR count). The van der Waals surface area contributed by atoms with Crippen LogP contribution in [0, 0.1) is 5.82 Å². The summed E-state index contributed by atoms with van der Waals surface area (Å²) in [6.45, 7) is 3.28. The lowest BCUT2D eigenvalue weighted by Crippen LogP contribution is -2.48. The van der Waals surface area contributed by atoms with Crippen LogP contribution >= 0.6 is 11.6 Å². The van der Waals surface area contributed by atoms with Gasteiger partial charge in [-0.25, -0.2) is 12.8 Å². The molecule has 0 bridgehead atoms. The third kappa shape index (κ3) is 5.44. The van der Waals surface area contributed by atoms with Gasteiger partial charge in [0.05, 0.1) is 16.3 Å². The number of aromatic nitrogens is 1. The average Bonchev–Trinajstić information content (AvgIpc) is 2.85. The van der Waals surface area contributed by atoms with Gasteiger partial charge in [-0.05, 0) is 48.5 Å². The first-order valence-electron chi connectivity index (χ1n) is 10.7. The van der Waals surface area contributed by atoms with E-state index in [4.69, 9.17) is 11.6 Å². The average molecular weight is 517 g/mol. The molecule has 0 radical (unpaired) electrons. The Balaban J connectivity index is 1.58. The molecule has 1 fully saturated rings. The highest BCUT2D eigenvalue weighted by molar-refractivity contribution is 7.92. The lowest BCUT2D eigenvalue weighted by molar-refractivity contribution is -0.129. The van der Waals surface area contributed by atoms with Crippen LogP contribution in [0.2, 0.25) is 5.02 Å². The third-order valence-corrected chi connectivity index (χ3v) is 7.31. The highest BCUT2D eigenvalue weighted by atomic mass is 35.5. The lowest BCUT2D eigenvalue weighted by Gasteiger charge is -2.35. The maximum Gasteiger partial charge on any atom is 0.262 e. The van der Waals surface area contributed by atoms with Crippen LogP contribution in [0.25, 0.3) is 0 Å². The van der Waals surface area contributed by atoms with Gasteiger partial charge in [-0.2, -0.15) is 0 Å². The number of benzene rings is 2. The summed E-state index contributed by atoms with van der Waals surface area (Å²) in [6.07, 6.45) is 2.90. The molecule has 1 saturated heterocycles. The minimum atomic E-state index is -4.22. The Kier molecular flexibility index (Phi) is 7.04. The number of hydrogen-bond acceptors (Lipinski definition) is 6. The van der Waals surface area contributed by atoms with Crippen LogP contribution in [-0.4, -0.2) is 56.2 Å². The molecule has 1 aromatic heterocycles. The van der Waals surface area contributed by atoms with Crippen LogP contribution in [-0.2, 0) is 14.8 Å². The van der Waals surface area contributed by atoms with Gasteiger partial charge in [-0.1, -0.05) is 11.6 Å². The van der Waals surface area contributed by atoms with E-state index in [9.17, 15) is 22.4 Å². The van der Waals surface area contributed by atoms with Crippen molar-refractivity contribution in [3.63, 3.8) is 0 Å². The number of pyridine rings is 1. The van der Waals surface area contributed by atoms with Gasteiger partial charge < -0.3 is 9.80 Å². The topological polar surface area (TPSA) is 99.7 Å². The van der Waals surface area contributed by atoms with E-state index in [-0.39, 0.29) is 32.8 Å². The predicted octanol–water partition coefficient (Wildman–Crippen LogP) is 3.57. The summed E-state index contributed by atoms with van der Waals surface area (Å²) in [6, 6.07) is 10.9. The Labute approximate surface area is 207 Å². The smallest absolute Gasteiger partial charge is 0.262 e. The molecular weight excluding hydrogens is 495 g/mol. The highest BCUT2D eigenvalue weighted by Gasteiger charge is 2.24. The first-order chi connectivity index (χ1) is 16.7. The van der Waals surface area contributed by atoms with E-state index in [1.165, 1.54) is 61.8 Å². The number of sulfonamides is 1. The Morgan fingerprint density at radius 1 is 1.00 bits per heavy atom. The molecule has 1 amide bonds. The first-order valence-corrected chi connectivity index (χ1v) is 12.6. The van der Waals surface area contributed by atoms with Crippen LogP contribution in [0.4, 0.5) is 15.8 Å². The first kappa shape index (κ1) is 24.6. The van der Waals surface area contributed by atoms with Crippen molar-refractivity contribution in [3.05, 3.63) is 82.9 Å². The van der Waals surface area contributed by atoms with Crippen molar-refractivity contribution in [1.82, 2.24) is 9.88 Å². The van der Waals surface area contributed by atoms with Crippen LogP contribution in [0.1, 0.15) is 22.8 Å². The van der Waals surface area contributed by atoms with Gasteiger partial charge in [-0.15, -0.1) is 0 Å². The molecule has 0 saturated carbocycles. The number of amides is 1. The molecule has 3 aromatic rings. The van der Waals surface area contributed by atoms with Crippen LogP contribution in [0.5, 0.6) is 0 Å². The van der Waals surface area contributed by atoms with Crippen LogP contribution in [0.15, 0.2) is 65.8 Å². The number of carbonyl (C=O) groups excluding carboxylic acids is 2. The number of ketones is 1. The number of carbonyl (C=O) groups is 2. The summed E-state index contributed by atoms with van der Waals surface area (Å²) in [7, 11) is -4.22. The molecule has 2 aromatic carbocycles. The van der Waals surface area contributed by atoms with E-state index >= 15 is 0 Å². The van der Waals surface area contributed by atoms with Gasteiger partial charge in [0.15, 0.2) is 5.78 Å². The van der Waals surface area contributed by atoms with Gasteiger partial charge in [-0.3, -0.25) is 19.3 Å². The second kappa shape index (κ2) is 10.0. The minimum absolute atomic E-state index is 0.0149. The van der Waals surface area contributed by atoms with Crippen molar-refractivity contribution in [2.24, 2.45) is 0 Å². The van der Waals surface area contributed by atoms with Gasteiger partial charge in [0.25, 0.3) is 10.0 Å². The van der Waals surface area contributed by atoms with Crippen molar-refractivity contribution in [2.45, 2.75) is 11.8 Å². The fourth-order valence-electron chi connectivity index (χ4n) is 3.83. The summed E-state index contributed by atoms with van der Waals surface area (Å²) >= 11 is 6.06. The molecule has 1 N–H and O–H groups in total. The van der Waals surface area contributed by atoms with E-state index in [1.54, 1.807) is 9.80 Å². The lowest BCUT2D eigenvalue weighted by atomic mass is 10.0. The fourth-order valence-corrected chi connectivity index (χ4v) is 5.09. The number of nitrogens with zero attached hydrogens (tertiary/aromatic N) is 3. The Bertz CT molecular complexity index is 1380. The maximum atomic E-state index is 14.9. The van der Waals surface area contributed by atoms with Crippen molar-refractivity contribution in [1.29, 1.82) is 0 Å². The molecule has 1 aliphatic rings. The normalized spacial score (nSPS) is 14.0. The molecule has 35 heavy (non-hydrogen) atoms. The van der Waals surface area contributed by atoms with Gasteiger partial charge in [0.1, 0.15) is 5.82 Å². The van der Waals surface area contributed by atoms with Crippen molar-refractivity contribution >= 4 is 44.7 Å². The van der Waals surface area contributed by atoms with E-state index in [0.717, 1.165) is 6.07 Å². The molecule has 0 aliphatic carbocycles. The van der Waals surface area contributed by atoms with E-state index < -0.39 is 21.6 Å². The SMILES string of the molecule is CC(=O)N1CCN(c2ccc(S(=O)(=O)Nc3ccc(Cl)cc3C(=O)c3ccncc3)cc2F)CC1. The second-order valence-corrected chi connectivity index (χ2v) is 10.1. The van der Waals surface area contributed by atoms with Crippen LogP contribution in [0.3, 0.4) is 0 Å². The third-order valence-electron chi connectivity index (χ3n) is 5.71. The summed E-state index contributed by atoms with van der Waals surface area (Å²) in [5.41, 5.74) is 0.629. The minimum Gasteiger partial charge on any atom is -0.366 e. The summed E-state index contributed by atoms with van der Waals surface area (Å²) < 4.78 is 43.5. The maximum absolute atomic E-state index is 14.9. The number of nitrogens with one attached hydrogen (secondary N) is 1.